The molecule has 5 nitrogen and oxygen atoms in total. The van der Waals surface area contributed by atoms with Crippen molar-refractivity contribution >= 4 is 17.6 Å². The molecule has 0 bridgehead atoms. The molecule has 1 unspecified atom stereocenters. The third-order valence-corrected chi connectivity index (χ3v) is 3.97. The minimum atomic E-state index is -0.291. The smallest absolute Gasteiger partial charge is 0.323 e. The van der Waals surface area contributed by atoms with Crippen LogP contribution in [0, 0.1) is 13.8 Å². The first-order chi connectivity index (χ1) is 10.0. The van der Waals surface area contributed by atoms with E-state index in [1.807, 2.05) is 36.9 Å². The van der Waals surface area contributed by atoms with Crippen molar-refractivity contribution in [2.75, 3.05) is 25.5 Å². The Morgan fingerprint density at radius 3 is 2.76 bits per heavy atom. The van der Waals surface area contributed by atoms with E-state index in [1.54, 1.807) is 0 Å². The number of nitrogens with zero attached hydrogens (tertiary/aromatic N) is 1. The van der Waals surface area contributed by atoms with Gasteiger partial charge in [-0.3, -0.25) is 14.5 Å². The number of likely N-dealkylation sites (tertiary alicyclic amines) is 1. The molecular weight excluding hydrogens is 268 g/mol. The summed E-state index contributed by atoms with van der Waals surface area (Å²) in [6.45, 7) is 5.01. The van der Waals surface area contributed by atoms with E-state index in [4.69, 9.17) is 4.74 Å². The van der Waals surface area contributed by atoms with E-state index in [0.29, 0.717) is 0 Å². The minimum absolute atomic E-state index is 0.103. The zero-order valence-electron chi connectivity index (χ0n) is 12.8. The Hall–Kier alpha value is -1.88. The van der Waals surface area contributed by atoms with Crippen molar-refractivity contribution in [2.24, 2.45) is 0 Å². The second-order valence-electron chi connectivity index (χ2n) is 5.50. The lowest BCUT2D eigenvalue weighted by molar-refractivity contribution is -0.146. The van der Waals surface area contributed by atoms with Gasteiger partial charge in [-0.15, -0.1) is 0 Å². The van der Waals surface area contributed by atoms with E-state index < -0.39 is 0 Å². The first kappa shape index (κ1) is 15.5. The van der Waals surface area contributed by atoms with Crippen LogP contribution < -0.4 is 5.32 Å². The van der Waals surface area contributed by atoms with Crippen LogP contribution in [-0.4, -0.2) is 43.0 Å². The summed E-state index contributed by atoms with van der Waals surface area (Å²) >= 11 is 0. The van der Waals surface area contributed by atoms with Gasteiger partial charge in [-0.25, -0.2) is 0 Å². The lowest BCUT2D eigenvalue weighted by Gasteiger charge is -2.21. The molecule has 114 valence electrons. The zero-order valence-corrected chi connectivity index (χ0v) is 12.8. The maximum atomic E-state index is 12.1. The van der Waals surface area contributed by atoms with Crippen LogP contribution in [-0.2, 0) is 14.3 Å². The van der Waals surface area contributed by atoms with Crippen molar-refractivity contribution in [3.63, 3.8) is 0 Å². The Morgan fingerprint density at radius 1 is 1.33 bits per heavy atom. The molecule has 1 heterocycles. The fourth-order valence-corrected chi connectivity index (χ4v) is 2.62. The van der Waals surface area contributed by atoms with Gasteiger partial charge in [-0.05, 0) is 56.5 Å². The number of anilines is 1. The maximum Gasteiger partial charge on any atom is 0.323 e. The van der Waals surface area contributed by atoms with Gasteiger partial charge < -0.3 is 10.1 Å². The number of benzene rings is 1. The summed E-state index contributed by atoms with van der Waals surface area (Å²) in [6, 6.07) is 5.54. The van der Waals surface area contributed by atoms with Crippen molar-refractivity contribution in [1.29, 1.82) is 0 Å². The number of carbonyl (C=O) groups is 2. The summed E-state index contributed by atoms with van der Waals surface area (Å²) in [5.74, 6) is -0.361. The Kier molecular flexibility index (Phi) is 4.96. The molecule has 1 aromatic carbocycles. The summed E-state index contributed by atoms with van der Waals surface area (Å²) in [4.78, 5) is 25.6. The van der Waals surface area contributed by atoms with Crippen molar-refractivity contribution in [2.45, 2.75) is 32.7 Å². The summed E-state index contributed by atoms with van der Waals surface area (Å²) < 4.78 is 4.78. The van der Waals surface area contributed by atoms with Gasteiger partial charge in [0, 0.05) is 5.69 Å². The van der Waals surface area contributed by atoms with Crippen molar-refractivity contribution in [3.8, 4) is 0 Å². The highest BCUT2D eigenvalue weighted by Crippen LogP contribution is 2.19. The first-order valence-electron chi connectivity index (χ1n) is 7.20. The first-order valence-corrected chi connectivity index (χ1v) is 7.20. The molecule has 1 N–H and O–H groups in total. The van der Waals surface area contributed by atoms with Gasteiger partial charge in [0.15, 0.2) is 0 Å². The second kappa shape index (κ2) is 6.72. The SMILES string of the molecule is COC(=O)C1CCCN1CC(=O)Nc1ccc(C)c(C)c1. The van der Waals surface area contributed by atoms with E-state index in [9.17, 15) is 9.59 Å². The molecule has 0 aliphatic carbocycles. The van der Waals surface area contributed by atoms with Crippen LogP contribution in [0.3, 0.4) is 0 Å². The Bertz CT molecular complexity index is 542. The van der Waals surface area contributed by atoms with Gasteiger partial charge in [0.2, 0.25) is 5.91 Å². The van der Waals surface area contributed by atoms with Crippen LogP contribution >= 0.6 is 0 Å². The van der Waals surface area contributed by atoms with Crippen molar-refractivity contribution < 1.29 is 14.3 Å². The molecule has 0 radical (unpaired) electrons. The molecule has 1 amide bonds. The number of hydrogen-bond acceptors (Lipinski definition) is 4. The molecular formula is C16H22N2O3. The Balaban J connectivity index is 1.95. The van der Waals surface area contributed by atoms with Crippen LogP contribution in [0.4, 0.5) is 5.69 Å². The number of carbonyl (C=O) groups excluding carboxylic acids is 2. The fourth-order valence-electron chi connectivity index (χ4n) is 2.62. The Morgan fingerprint density at radius 2 is 2.10 bits per heavy atom. The normalized spacial score (nSPS) is 18.5. The summed E-state index contributed by atoms with van der Waals surface area (Å²) in [5, 5.41) is 2.88. The van der Waals surface area contributed by atoms with Gasteiger partial charge >= 0.3 is 5.97 Å². The lowest BCUT2D eigenvalue weighted by atomic mass is 10.1. The molecule has 0 aromatic heterocycles. The average molecular weight is 290 g/mol. The monoisotopic (exact) mass is 290 g/mol. The predicted octanol–water partition coefficient (Wildman–Crippen LogP) is 1.88. The van der Waals surface area contributed by atoms with Crippen LogP contribution in [0.15, 0.2) is 18.2 Å². The average Bonchev–Trinajstić information content (AvgIpc) is 2.90. The Labute approximate surface area is 125 Å². The molecule has 5 heteroatoms. The number of methoxy groups -OCH3 is 1. The summed E-state index contributed by atoms with van der Waals surface area (Å²) in [6.07, 6.45) is 1.67. The second-order valence-corrected chi connectivity index (χ2v) is 5.50. The third-order valence-electron chi connectivity index (χ3n) is 3.97. The molecule has 0 saturated carbocycles. The number of amides is 1. The molecule has 1 saturated heterocycles. The largest absolute Gasteiger partial charge is 0.468 e. The number of ether oxygens (including phenoxy) is 1. The van der Waals surface area contributed by atoms with E-state index in [-0.39, 0.29) is 24.5 Å². The lowest BCUT2D eigenvalue weighted by Crippen LogP contribution is -2.41. The number of hydrogen-bond donors (Lipinski definition) is 1. The highest BCUT2D eigenvalue weighted by molar-refractivity contribution is 5.92. The summed E-state index contributed by atoms with van der Waals surface area (Å²) in [7, 11) is 1.38. The number of esters is 1. The highest BCUT2D eigenvalue weighted by Gasteiger charge is 2.32. The number of aryl methyl sites for hydroxylation is 2. The molecule has 1 atom stereocenters. The van der Waals surface area contributed by atoms with Crippen LogP contribution in [0.5, 0.6) is 0 Å². The van der Waals surface area contributed by atoms with Crippen molar-refractivity contribution in [1.82, 2.24) is 4.90 Å². The van der Waals surface area contributed by atoms with Gasteiger partial charge in [-0.1, -0.05) is 6.07 Å². The molecule has 1 fully saturated rings. The zero-order chi connectivity index (χ0) is 15.4. The third kappa shape index (κ3) is 3.82. The highest BCUT2D eigenvalue weighted by atomic mass is 16.5. The van der Waals surface area contributed by atoms with Gasteiger partial charge in [0.25, 0.3) is 0 Å². The number of rotatable bonds is 4. The van der Waals surface area contributed by atoms with Crippen molar-refractivity contribution in [3.05, 3.63) is 29.3 Å². The molecule has 0 spiro atoms. The molecule has 21 heavy (non-hydrogen) atoms. The quantitative estimate of drug-likeness (QED) is 0.860. The maximum absolute atomic E-state index is 12.1. The standard InChI is InChI=1S/C16H22N2O3/c1-11-6-7-13(9-12(11)2)17-15(19)10-18-8-4-5-14(18)16(20)21-3/h6-7,9,14H,4-5,8,10H2,1-3H3,(H,17,19). The van der Waals surface area contributed by atoms with Crippen LogP contribution in [0.25, 0.3) is 0 Å². The summed E-state index contributed by atoms with van der Waals surface area (Å²) in [5.41, 5.74) is 3.12. The molecule has 1 aliphatic heterocycles. The van der Waals surface area contributed by atoms with Crippen LogP contribution in [0.2, 0.25) is 0 Å². The van der Waals surface area contributed by atoms with E-state index in [0.717, 1.165) is 30.6 Å². The topological polar surface area (TPSA) is 58.6 Å². The van der Waals surface area contributed by atoms with Gasteiger partial charge in [0.1, 0.15) is 6.04 Å². The molecule has 1 aromatic rings. The van der Waals surface area contributed by atoms with E-state index in [2.05, 4.69) is 5.32 Å². The number of nitrogens with one attached hydrogen (secondary N) is 1. The minimum Gasteiger partial charge on any atom is -0.468 e. The van der Waals surface area contributed by atoms with E-state index in [1.165, 1.54) is 12.7 Å². The van der Waals surface area contributed by atoms with Gasteiger partial charge in [0.05, 0.1) is 13.7 Å². The molecule has 1 aliphatic rings. The fraction of sp³-hybridized carbons (Fsp3) is 0.500. The predicted molar refractivity (Wildman–Crippen MR) is 81.2 cm³/mol. The van der Waals surface area contributed by atoms with Crippen LogP contribution in [0.1, 0.15) is 24.0 Å². The molecule has 2 rings (SSSR count). The van der Waals surface area contributed by atoms with E-state index >= 15 is 0 Å². The van der Waals surface area contributed by atoms with Gasteiger partial charge in [-0.2, -0.15) is 0 Å².